The lowest BCUT2D eigenvalue weighted by atomic mass is 10.1. The van der Waals surface area contributed by atoms with Crippen LogP contribution in [0.1, 0.15) is 10.4 Å². The molecule has 0 amide bonds. The molecule has 0 saturated heterocycles. The molecule has 0 unspecified atom stereocenters. The smallest absolute Gasteiger partial charge is 0.337 e. The van der Waals surface area contributed by atoms with Crippen LogP contribution in [0.3, 0.4) is 0 Å². The van der Waals surface area contributed by atoms with Crippen molar-refractivity contribution in [2.75, 3.05) is 7.11 Å². The summed E-state index contributed by atoms with van der Waals surface area (Å²) < 4.78 is 9.66. The highest BCUT2D eigenvalue weighted by atomic mass is 32.1. The van der Waals surface area contributed by atoms with E-state index in [1.54, 1.807) is 6.07 Å². The van der Waals surface area contributed by atoms with Gasteiger partial charge in [0, 0.05) is 5.39 Å². The second kappa shape index (κ2) is 3.78. The lowest BCUT2D eigenvalue weighted by Gasteiger charge is -2.02. The second-order valence-corrected chi connectivity index (χ2v) is 4.37. The molecule has 0 fully saturated rings. The average molecular weight is 244 g/mol. The van der Waals surface area contributed by atoms with Gasteiger partial charge in [0.05, 0.1) is 17.4 Å². The summed E-state index contributed by atoms with van der Waals surface area (Å²) in [4.78, 5) is 11.4. The van der Waals surface area contributed by atoms with E-state index >= 15 is 0 Å². The second-order valence-electron chi connectivity index (χ2n) is 3.61. The zero-order valence-electron chi connectivity index (χ0n) is 9.01. The molecule has 17 heavy (non-hydrogen) atoms. The molecule has 0 saturated carbocycles. The van der Waals surface area contributed by atoms with Crippen LogP contribution in [0, 0.1) is 0 Å². The Labute approximate surface area is 101 Å². The van der Waals surface area contributed by atoms with Gasteiger partial charge in [-0.2, -0.15) is 0 Å². The first kappa shape index (κ1) is 10.2. The number of hydrogen-bond acceptors (Lipinski definition) is 5. The Hall–Kier alpha value is -2.01. The maximum Gasteiger partial charge on any atom is 0.337 e. The van der Waals surface area contributed by atoms with Crippen molar-refractivity contribution >= 4 is 38.5 Å². The van der Waals surface area contributed by atoms with E-state index in [0.29, 0.717) is 5.56 Å². The third-order valence-electron chi connectivity index (χ3n) is 2.65. The summed E-state index contributed by atoms with van der Waals surface area (Å²) in [5.41, 5.74) is 1.44. The fourth-order valence-corrected chi connectivity index (χ4v) is 2.51. The lowest BCUT2D eigenvalue weighted by molar-refractivity contribution is 0.0601. The Morgan fingerprint density at radius 1 is 1.29 bits per heavy atom. The van der Waals surface area contributed by atoms with Crippen molar-refractivity contribution in [1.29, 1.82) is 0 Å². The monoisotopic (exact) mass is 244 g/mol. The molecule has 3 aromatic rings. The predicted octanol–water partition coefficient (Wildman–Crippen LogP) is 2.63. The van der Waals surface area contributed by atoms with Crippen LogP contribution in [0.2, 0.25) is 0 Å². The zero-order valence-corrected chi connectivity index (χ0v) is 9.82. The number of carbonyl (C=O) groups excluding carboxylic acids is 1. The maximum absolute atomic E-state index is 11.4. The summed E-state index contributed by atoms with van der Waals surface area (Å²) in [6, 6.07) is 9.32. The molecule has 0 atom stereocenters. The van der Waals surface area contributed by atoms with E-state index < -0.39 is 0 Å². The number of methoxy groups -OCH3 is 1. The van der Waals surface area contributed by atoms with Gasteiger partial charge >= 0.3 is 5.97 Å². The van der Waals surface area contributed by atoms with Gasteiger partial charge in [-0.15, -0.1) is 5.10 Å². The third-order valence-corrected chi connectivity index (χ3v) is 3.43. The molecular weight excluding hydrogens is 236 g/mol. The van der Waals surface area contributed by atoms with Crippen LogP contribution in [-0.4, -0.2) is 22.7 Å². The summed E-state index contributed by atoms with van der Waals surface area (Å²) in [6.07, 6.45) is 0. The van der Waals surface area contributed by atoms with Crippen LogP contribution in [-0.2, 0) is 4.74 Å². The largest absolute Gasteiger partial charge is 0.465 e. The van der Waals surface area contributed by atoms with Gasteiger partial charge in [-0.3, -0.25) is 0 Å². The third kappa shape index (κ3) is 1.55. The lowest BCUT2D eigenvalue weighted by Crippen LogP contribution is -2.00. The molecule has 0 aliphatic rings. The number of nitrogens with zero attached hydrogens (tertiary/aromatic N) is 2. The number of fused-ring (bicyclic) bond motifs is 3. The van der Waals surface area contributed by atoms with Crippen LogP contribution in [0.25, 0.3) is 21.0 Å². The van der Waals surface area contributed by atoms with Crippen LogP contribution in [0.5, 0.6) is 0 Å². The number of carbonyl (C=O) groups is 1. The molecule has 3 rings (SSSR count). The van der Waals surface area contributed by atoms with E-state index in [4.69, 9.17) is 4.74 Å². The number of rotatable bonds is 1. The minimum absolute atomic E-state index is 0.325. The molecule has 2 aromatic carbocycles. The maximum atomic E-state index is 11.4. The predicted molar refractivity (Wildman–Crippen MR) is 66.3 cm³/mol. The number of ether oxygens (including phenoxy) is 1. The average Bonchev–Trinajstić information content (AvgIpc) is 2.85. The molecule has 5 heteroatoms. The Balaban J connectivity index is 2.30. The Morgan fingerprint density at radius 3 is 3.00 bits per heavy atom. The SMILES string of the molecule is COC(=O)c1ccc2c(ccc3nnsc32)c1. The van der Waals surface area contributed by atoms with Gasteiger partial charge in [0.2, 0.25) is 0 Å². The van der Waals surface area contributed by atoms with Gasteiger partial charge in [0.15, 0.2) is 0 Å². The number of benzene rings is 2. The molecular formula is C12H8N2O2S. The summed E-state index contributed by atoms with van der Waals surface area (Å²) in [7, 11) is 1.38. The zero-order chi connectivity index (χ0) is 11.8. The van der Waals surface area contributed by atoms with Gasteiger partial charge in [-0.05, 0) is 35.1 Å². The number of hydrogen-bond donors (Lipinski definition) is 0. The Kier molecular flexibility index (Phi) is 2.26. The van der Waals surface area contributed by atoms with Crippen molar-refractivity contribution < 1.29 is 9.53 Å². The molecule has 1 heterocycles. The molecule has 0 aliphatic carbocycles. The highest BCUT2D eigenvalue weighted by Gasteiger charge is 2.08. The van der Waals surface area contributed by atoms with Crippen molar-refractivity contribution in [1.82, 2.24) is 9.59 Å². The van der Waals surface area contributed by atoms with E-state index in [-0.39, 0.29) is 5.97 Å². The van der Waals surface area contributed by atoms with Crippen molar-refractivity contribution in [2.24, 2.45) is 0 Å². The van der Waals surface area contributed by atoms with Gasteiger partial charge in [-0.25, -0.2) is 4.79 Å². The quantitative estimate of drug-likeness (QED) is 0.617. The number of esters is 1. The van der Waals surface area contributed by atoms with Crippen molar-refractivity contribution in [2.45, 2.75) is 0 Å². The van der Waals surface area contributed by atoms with Crippen LogP contribution >= 0.6 is 11.5 Å². The molecule has 4 nitrogen and oxygen atoms in total. The first-order valence-corrected chi connectivity index (χ1v) is 5.80. The number of aromatic nitrogens is 2. The van der Waals surface area contributed by atoms with Crippen LogP contribution in [0.15, 0.2) is 30.3 Å². The van der Waals surface area contributed by atoms with E-state index in [9.17, 15) is 4.79 Å². The molecule has 0 bridgehead atoms. The minimum Gasteiger partial charge on any atom is -0.465 e. The van der Waals surface area contributed by atoms with E-state index in [1.165, 1.54) is 18.6 Å². The van der Waals surface area contributed by atoms with Gasteiger partial charge < -0.3 is 4.74 Å². The van der Waals surface area contributed by atoms with Gasteiger partial charge in [0.25, 0.3) is 0 Å². The van der Waals surface area contributed by atoms with Crippen molar-refractivity contribution in [3.05, 3.63) is 35.9 Å². The molecule has 1 aromatic heterocycles. The van der Waals surface area contributed by atoms with E-state index in [2.05, 4.69) is 9.59 Å². The van der Waals surface area contributed by atoms with Crippen molar-refractivity contribution in [3.8, 4) is 0 Å². The molecule has 0 aliphatic heterocycles. The van der Waals surface area contributed by atoms with Gasteiger partial charge in [0.1, 0.15) is 5.52 Å². The van der Waals surface area contributed by atoms with E-state index in [0.717, 1.165) is 21.0 Å². The van der Waals surface area contributed by atoms with Crippen LogP contribution < -0.4 is 0 Å². The Morgan fingerprint density at radius 2 is 2.18 bits per heavy atom. The molecule has 0 spiro atoms. The van der Waals surface area contributed by atoms with Crippen molar-refractivity contribution in [3.63, 3.8) is 0 Å². The topological polar surface area (TPSA) is 52.1 Å². The normalized spacial score (nSPS) is 10.9. The summed E-state index contributed by atoms with van der Waals surface area (Å²) in [5, 5.41) is 6.07. The Bertz CT molecular complexity index is 721. The van der Waals surface area contributed by atoms with E-state index in [1.807, 2.05) is 24.3 Å². The summed E-state index contributed by atoms with van der Waals surface area (Å²) in [5.74, 6) is -0.325. The minimum atomic E-state index is -0.325. The summed E-state index contributed by atoms with van der Waals surface area (Å²) >= 11 is 1.36. The molecule has 0 N–H and O–H groups in total. The highest BCUT2D eigenvalue weighted by molar-refractivity contribution is 7.14. The molecule has 0 radical (unpaired) electrons. The summed E-state index contributed by atoms with van der Waals surface area (Å²) in [6.45, 7) is 0. The van der Waals surface area contributed by atoms with Crippen LogP contribution in [0.4, 0.5) is 0 Å². The first-order chi connectivity index (χ1) is 8.29. The fraction of sp³-hybridized carbons (Fsp3) is 0.0833. The fourth-order valence-electron chi connectivity index (χ4n) is 1.81. The molecule has 84 valence electrons. The van der Waals surface area contributed by atoms with Gasteiger partial charge in [-0.1, -0.05) is 16.6 Å². The highest BCUT2D eigenvalue weighted by Crippen LogP contribution is 2.27. The standard InChI is InChI=1S/C12H8N2O2S/c1-16-12(15)8-2-4-9-7(6-8)3-5-10-11(9)17-14-13-10/h2-6H,1H3. The first-order valence-electron chi connectivity index (χ1n) is 5.03.